The summed E-state index contributed by atoms with van der Waals surface area (Å²) >= 11 is 0. The van der Waals surface area contributed by atoms with Gasteiger partial charge in [0.25, 0.3) is 5.91 Å². The maximum Gasteiger partial charge on any atom is 0.251 e. The first-order chi connectivity index (χ1) is 11.1. The average molecular weight is 308 g/mol. The molecule has 0 aliphatic heterocycles. The van der Waals surface area contributed by atoms with Crippen LogP contribution < -0.4 is 10.6 Å². The van der Waals surface area contributed by atoms with E-state index in [2.05, 4.69) is 10.6 Å². The third-order valence-corrected chi connectivity index (χ3v) is 3.94. The third kappa shape index (κ3) is 4.19. The van der Waals surface area contributed by atoms with Gasteiger partial charge in [-0.1, -0.05) is 29.8 Å². The molecule has 0 atom stereocenters. The molecule has 4 nitrogen and oxygen atoms in total. The monoisotopic (exact) mass is 308 g/mol. The number of anilines is 1. The lowest BCUT2D eigenvalue weighted by molar-refractivity contribution is -0.117. The number of aryl methyl sites for hydroxylation is 1. The summed E-state index contributed by atoms with van der Waals surface area (Å²) in [6, 6.07) is 15.1. The lowest BCUT2D eigenvalue weighted by Gasteiger charge is -2.08. The van der Waals surface area contributed by atoms with E-state index in [1.165, 1.54) is 0 Å². The van der Waals surface area contributed by atoms with E-state index in [9.17, 15) is 9.59 Å². The summed E-state index contributed by atoms with van der Waals surface area (Å²) in [7, 11) is 0. The van der Waals surface area contributed by atoms with Crippen LogP contribution in [-0.2, 0) is 11.3 Å². The van der Waals surface area contributed by atoms with Crippen LogP contribution in [0.4, 0.5) is 5.69 Å². The van der Waals surface area contributed by atoms with E-state index >= 15 is 0 Å². The zero-order valence-electron chi connectivity index (χ0n) is 13.1. The highest BCUT2D eigenvalue weighted by Crippen LogP contribution is 2.30. The van der Waals surface area contributed by atoms with Crippen molar-refractivity contribution in [3.63, 3.8) is 0 Å². The van der Waals surface area contributed by atoms with Crippen LogP contribution in [0.15, 0.2) is 48.5 Å². The summed E-state index contributed by atoms with van der Waals surface area (Å²) < 4.78 is 0. The number of carbonyl (C=O) groups excluding carboxylic acids is 2. The van der Waals surface area contributed by atoms with Crippen molar-refractivity contribution < 1.29 is 9.59 Å². The predicted octanol–water partition coefficient (Wildman–Crippen LogP) is 3.27. The molecular formula is C19H20N2O2. The minimum absolute atomic E-state index is 0.0869. The topological polar surface area (TPSA) is 58.2 Å². The predicted molar refractivity (Wildman–Crippen MR) is 90.1 cm³/mol. The van der Waals surface area contributed by atoms with Gasteiger partial charge >= 0.3 is 0 Å². The molecule has 1 aliphatic carbocycles. The van der Waals surface area contributed by atoms with Crippen molar-refractivity contribution in [2.75, 3.05) is 5.32 Å². The Morgan fingerprint density at radius 1 is 1.00 bits per heavy atom. The maximum atomic E-state index is 12.1. The first-order valence-corrected chi connectivity index (χ1v) is 7.86. The Labute approximate surface area is 135 Å². The Morgan fingerprint density at radius 2 is 1.65 bits per heavy atom. The zero-order chi connectivity index (χ0) is 16.2. The quantitative estimate of drug-likeness (QED) is 0.890. The number of nitrogens with one attached hydrogen (secondary N) is 2. The van der Waals surface area contributed by atoms with Crippen LogP contribution in [0.5, 0.6) is 0 Å². The van der Waals surface area contributed by atoms with Crippen molar-refractivity contribution in [2.45, 2.75) is 26.3 Å². The molecule has 2 aromatic rings. The number of amides is 2. The molecule has 2 amide bonds. The van der Waals surface area contributed by atoms with E-state index in [-0.39, 0.29) is 17.7 Å². The van der Waals surface area contributed by atoms with Crippen molar-refractivity contribution in [1.82, 2.24) is 5.32 Å². The van der Waals surface area contributed by atoms with E-state index in [4.69, 9.17) is 0 Å². The second kappa shape index (κ2) is 6.65. The van der Waals surface area contributed by atoms with E-state index < -0.39 is 0 Å². The fourth-order valence-electron chi connectivity index (χ4n) is 2.29. The van der Waals surface area contributed by atoms with Crippen LogP contribution in [0.3, 0.4) is 0 Å². The van der Waals surface area contributed by atoms with Gasteiger partial charge in [0.2, 0.25) is 5.91 Å². The molecule has 1 aliphatic rings. The molecular weight excluding hydrogens is 288 g/mol. The molecule has 4 heteroatoms. The lowest BCUT2D eigenvalue weighted by Crippen LogP contribution is -2.22. The largest absolute Gasteiger partial charge is 0.348 e. The molecule has 0 aromatic heterocycles. The highest BCUT2D eigenvalue weighted by atomic mass is 16.2. The van der Waals surface area contributed by atoms with Gasteiger partial charge < -0.3 is 10.6 Å². The summed E-state index contributed by atoms with van der Waals surface area (Å²) in [6.45, 7) is 2.45. The van der Waals surface area contributed by atoms with Crippen molar-refractivity contribution in [1.29, 1.82) is 0 Å². The Bertz CT molecular complexity index is 701. The molecule has 3 rings (SSSR count). The van der Waals surface area contributed by atoms with Crippen molar-refractivity contribution in [2.24, 2.45) is 5.92 Å². The Morgan fingerprint density at radius 3 is 2.26 bits per heavy atom. The molecule has 0 heterocycles. The van der Waals surface area contributed by atoms with Crippen molar-refractivity contribution >= 4 is 17.5 Å². The van der Waals surface area contributed by atoms with Gasteiger partial charge in [-0.25, -0.2) is 0 Å². The minimum Gasteiger partial charge on any atom is -0.348 e. The van der Waals surface area contributed by atoms with Gasteiger partial charge in [0.1, 0.15) is 0 Å². The van der Waals surface area contributed by atoms with Gasteiger partial charge in [-0.2, -0.15) is 0 Å². The van der Waals surface area contributed by atoms with Gasteiger partial charge in [0.15, 0.2) is 0 Å². The molecule has 1 saturated carbocycles. The van der Waals surface area contributed by atoms with Crippen molar-refractivity contribution in [3.8, 4) is 0 Å². The van der Waals surface area contributed by atoms with Crippen LogP contribution in [0.1, 0.15) is 34.3 Å². The molecule has 0 bridgehead atoms. The van der Waals surface area contributed by atoms with Crippen LogP contribution in [0.2, 0.25) is 0 Å². The van der Waals surface area contributed by atoms with Gasteiger partial charge in [-0.15, -0.1) is 0 Å². The van der Waals surface area contributed by atoms with Crippen molar-refractivity contribution in [3.05, 3.63) is 65.2 Å². The number of rotatable bonds is 5. The molecule has 2 aromatic carbocycles. The number of hydrogen-bond acceptors (Lipinski definition) is 2. The molecule has 0 unspecified atom stereocenters. The lowest BCUT2D eigenvalue weighted by atomic mass is 10.1. The summed E-state index contributed by atoms with van der Waals surface area (Å²) in [6.07, 6.45) is 1.99. The van der Waals surface area contributed by atoms with E-state index in [0.717, 1.165) is 29.7 Å². The number of hydrogen-bond donors (Lipinski definition) is 2. The smallest absolute Gasteiger partial charge is 0.251 e. The SMILES string of the molecule is Cc1ccc(C(=O)NCc2ccc(NC(=O)C3CC3)cc2)cc1. The van der Waals surface area contributed by atoms with E-state index in [1.54, 1.807) is 0 Å². The summed E-state index contributed by atoms with van der Waals surface area (Å²) in [4.78, 5) is 23.7. The Balaban J connectivity index is 1.52. The normalized spacial score (nSPS) is 13.4. The molecule has 1 fully saturated rings. The Kier molecular flexibility index (Phi) is 4.42. The molecule has 0 saturated heterocycles. The standard InChI is InChI=1S/C19H20N2O2/c1-13-2-6-15(7-3-13)18(22)20-12-14-4-10-17(11-5-14)21-19(23)16-8-9-16/h2-7,10-11,16H,8-9,12H2,1H3,(H,20,22)(H,21,23). The van der Waals surface area contributed by atoms with Gasteiger partial charge in [0, 0.05) is 23.7 Å². The highest BCUT2D eigenvalue weighted by Gasteiger charge is 2.29. The number of benzene rings is 2. The summed E-state index contributed by atoms with van der Waals surface area (Å²) in [5.41, 5.74) is 3.58. The first kappa shape index (κ1) is 15.3. The van der Waals surface area contributed by atoms with Crippen LogP contribution in [0.25, 0.3) is 0 Å². The van der Waals surface area contributed by atoms with E-state index in [0.29, 0.717) is 12.1 Å². The molecule has 2 N–H and O–H groups in total. The maximum absolute atomic E-state index is 12.1. The molecule has 118 valence electrons. The van der Waals surface area contributed by atoms with Crippen LogP contribution >= 0.6 is 0 Å². The molecule has 0 radical (unpaired) electrons. The minimum atomic E-state index is -0.0869. The van der Waals surface area contributed by atoms with Crippen LogP contribution in [-0.4, -0.2) is 11.8 Å². The highest BCUT2D eigenvalue weighted by molar-refractivity contribution is 5.94. The Hall–Kier alpha value is -2.62. The fourth-order valence-corrected chi connectivity index (χ4v) is 2.29. The summed E-state index contributed by atoms with van der Waals surface area (Å²) in [5.74, 6) is 0.213. The second-order valence-electron chi connectivity index (χ2n) is 6.01. The van der Waals surface area contributed by atoms with E-state index in [1.807, 2.05) is 55.5 Å². The van der Waals surface area contributed by atoms with Gasteiger partial charge in [0.05, 0.1) is 0 Å². The summed E-state index contributed by atoms with van der Waals surface area (Å²) in [5, 5.41) is 5.80. The molecule has 23 heavy (non-hydrogen) atoms. The van der Waals surface area contributed by atoms with Gasteiger partial charge in [-0.05, 0) is 49.6 Å². The fraction of sp³-hybridized carbons (Fsp3) is 0.263. The average Bonchev–Trinajstić information content (AvgIpc) is 3.39. The molecule has 0 spiro atoms. The first-order valence-electron chi connectivity index (χ1n) is 7.86. The van der Waals surface area contributed by atoms with Gasteiger partial charge in [-0.3, -0.25) is 9.59 Å². The van der Waals surface area contributed by atoms with Crippen LogP contribution in [0, 0.1) is 12.8 Å². The zero-order valence-corrected chi connectivity index (χ0v) is 13.1. The number of carbonyl (C=O) groups is 2. The second-order valence-corrected chi connectivity index (χ2v) is 6.01. The third-order valence-electron chi connectivity index (χ3n) is 3.94.